The average Bonchev–Trinajstić information content (AvgIpc) is 3.27. The van der Waals surface area contributed by atoms with Crippen molar-refractivity contribution < 1.29 is 19.1 Å². The summed E-state index contributed by atoms with van der Waals surface area (Å²) in [5.74, 6) is -1.68. The highest BCUT2D eigenvalue weighted by atomic mass is 79.9. The van der Waals surface area contributed by atoms with E-state index in [1.54, 1.807) is 43.3 Å². The van der Waals surface area contributed by atoms with Crippen molar-refractivity contribution in [2.24, 2.45) is 0 Å². The van der Waals surface area contributed by atoms with Gasteiger partial charge in [-0.25, -0.2) is 14.2 Å². The molecule has 2 amide bonds. The Kier molecular flexibility index (Phi) is 8.14. The molecule has 9 nitrogen and oxygen atoms in total. The van der Waals surface area contributed by atoms with E-state index in [1.165, 1.54) is 18.2 Å². The molecule has 4 rings (SSSR count). The monoisotopic (exact) mass is 582 g/mol. The summed E-state index contributed by atoms with van der Waals surface area (Å²) in [6.07, 6.45) is 1.39. The first-order chi connectivity index (χ1) is 17.8. The van der Waals surface area contributed by atoms with E-state index in [9.17, 15) is 19.2 Å². The van der Waals surface area contributed by atoms with Crippen LogP contribution in [0.15, 0.2) is 63.9 Å². The zero-order chi connectivity index (χ0) is 26.5. The summed E-state index contributed by atoms with van der Waals surface area (Å²) in [6, 6.07) is 14.5. The van der Waals surface area contributed by atoms with E-state index in [0.29, 0.717) is 29.1 Å². The van der Waals surface area contributed by atoms with Crippen molar-refractivity contribution in [2.75, 3.05) is 17.2 Å². The van der Waals surface area contributed by atoms with Crippen molar-refractivity contribution in [3.63, 3.8) is 0 Å². The van der Waals surface area contributed by atoms with Crippen LogP contribution >= 0.6 is 27.3 Å². The second-order valence-corrected chi connectivity index (χ2v) is 9.84. The summed E-state index contributed by atoms with van der Waals surface area (Å²) in [7, 11) is 0. The number of nitrogens with one attached hydrogen (secondary N) is 2. The van der Waals surface area contributed by atoms with Gasteiger partial charge in [0.1, 0.15) is 10.6 Å². The molecular formula is C26H23BrN4O5S. The minimum absolute atomic E-state index is 0.0299. The van der Waals surface area contributed by atoms with Crippen LogP contribution in [0.5, 0.6) is 0 Å². The summed E-state index contributed by atoms with van der Waals surface area (Å²) in [5.41, 5.74) is 1.29. The third kappa shape index (κ3) is 5.95. The van der Waals surface area contributed by atoms with Gasteiger partial charge in [-0.15, -0.1) is 0 Å². The Labute approximate surface area is 224 Å². The van der Waals surface area contributed by atoms with Crippen LogP contribution in [0.1, 0.15) is 56.5 Å². The lowest BCUT2D eigenvalue weighted by Crippen LogP contribution is -2.25. The smallest absolute Gasteiger partial charge is 0.338 e. The predicted octanol–water partition coefficient (Wildman–Crippen LogP) is 5.15. The molecule has 4 aromatic rings. The number of fused-ring (bicyclic) bond motifs is 1. The molecule has 0 saturated heterocycles. The van der Waals surface area contributed by atoms with E-state index < -0.39 is 23.3 Å². The number of esters is 1. The zero-order valence-electron chi connectivity index (χ0n) is 20.0. The van der Waals surface area contributed by atoms with Crippen molar-refractivity contribution in [1.29, 1.82) is 0 Å². The van der Waals surface area contributed by atoms with Crippen LogP contribution in [0, 0.1) is 0 Å². The summed E-state index contributed by atoms with van der Waals surface area (Å²) < 4.78 is 6.98. The number of aromatic nitrogens is 2. The Balaban J connectivity index is 1.71. The molecule has 0 spiro atoms. The number of benzene rings is 2. The second kappa shape index (κ2) is 11.5. The molecule has 0 bridgehead atoms. The minimum atomic E-state index is -0.622. The maximum atomic E-state index is 13.4. The minimum Gasteiger partial charge on any atom is -0.462 e. The first-order valence-corrected chi connectivity index (χ1v) is 13.1. The first-order valence-electron chi connectivity index (χ1n) is 11.5. The number of anilines is 2. The van der Waals surface area contributed by atoms with Crippen LogP contribution in [-0.4, -0.2) is 33.8 Å². The lowest BCUT2D eigenvalue weighted by Gasteiger charge is -2.09. The van der Waals surface area contributed by atoms with E-state index in [1.807, 2.05) is 6.92 Å². The first kappa shape index (κ1) is 26.2. The molecule has 37 heavy (non-hydrogen) atoms. The third-order valence-electron chi connectivity index (χ3n) is 5.26. The fourth-order valence-corrected chi connectivity index (χ4v) is 4.89. The largest absolute Gasteiger partial charge is 0.462 e. The van der Waals surface area contributed by atoms with Gasteiger partial charge in [0.25, 0.3) is 17.4 Å². The van der Waals surface area contributed by atoms with E-state index in [0.717, 1.165) is 26.6 Å². The maximum absolute atomic E-state index is 13.4. The molecule has 2 aromatic carbocycles. The molecule has 0 aliphatic heterocycles. The Hall–Kier alpha value is -3.83. The van der Waals surface area contributed by atoms with E-state index in [2.05, 4.69) is 31.5 Å². The van der Waals surface area contributed by atoms with Crippen molar-refractivity contribution in [3.05, 3.63) is 91.3 Å². The number of aryl methyl sites for hydroxylation is 1. The van der Waals surface area contributed by atoms with Gasteiger partial charge in [-0.3, -0.25) is 14.4 Å². The van der Waals surface area contributed by atoms with Gasteiger partial charge in [-0.05, 0) is 61.9 Å². The quantitative estimate of drug-likeness (QED) is 0.277. The topological polar surface area (TPSA) is 119 Å². The molecule has 0 aliphatic rings. The molecule has 0 atom stereocenters. The van der Waals surface area contributed by atoms with Gasteiger partial charge >= 0.3 is 5.97 Å². The molecule has 0 radical (unpaired) electrons. The van der Waals surface area contributed by atoms with E-state index in [4.69, 9.17) is 4.74 Å². The molecule has 2 aromatic heterocycles. The number of carbonyl (C=O) groups excluding carboxylic acids is 3. The summed E-state index contributed by atoms with van der Waals surface area (Å²) in [4.78, 5) is 56.4. The third-order valence-corrected chi connectivity index (χ3v) is 6.82. The highest BCUT2D eigenvalue weighted by molar-refractivity contribution is 9.10. The summed E-state index contributed by atoms with van der Waals surface area (Å²) in [5, 5.41) is 5.48. The number of halogens is 1. The van der Waals surface area contributed by atoms with Crippen LogP contribution in [0.4, 0.5) is 11.4 Å². The fourth-order valence-electron chi connectivity index (χ4n) is 3.58. The maximum Gasteiger partial charge on any atom is 0.338 e. The van der Waals surface area contributed by atoms with E-state index >= 15 is 0 Å². The SMILES string of the molecule is CCCc1cc(=O)n2c(C(=O)Nc3ccc(Br)cc3)c(C(=O)Nc3ccc(C(=O)OCC)cc3)sc2n1. The van der Waals surface area contributed by atoms with Crippen molar-refractivity contribution in [3.8, 4) is 0 Å². The Morgan fingerprint density at radius 1 is 0.973 bits per heavy atom. The van der Waals surface area contributed by atoms with E-state index in [-0.39, 0.29) is 22.1 Å². The van der Waals surface area contributed by atoms with Gasteiger partial charge in [0.2, 0.25) is 0 Å². The molecule has 0 fully saturated rings. The number of nitrogens with zero attached hydrogens (tertiary/aromatic N) is 2. The number of hydrogen-bond donors (Lipinski definition) is 2. The molecule has 2 N–H and O–H groups in total. The Bertz CT molecular complexity index is 1530. The number of rotatable bonds is 8. The fraction of sp³-hybridized carbons (Fsp3) is 0.192. The second-order valence-electron chi connectivity index (χ2n) is 7.95. The number of carbonyl (C=O) groups is 3. The molecule has 0 unspecified atom stereocenters. The number of ether oxygens (including phenoxy) is 1. The zero-order valence-corrected chi connectivity index (χ0v) is 22.4. The molecular weight excluding hydrogens is 560 g/mol. The Morgan fingerprint density at radius 3 is 2.22 bits per heavy atom. The molecule has 0 saturated carbocycles. The number of amides is 2. The van der Waals surface area contributed by atoms with Crippen LogP contribution in [0.25, 0.3) is 4.96 Å². The van der Waals surface area contributed by atoms with Gasteiger partial charge in [0, 0.05) is 27.6 Å². The Morgan fingerprint density at radius 2 is 1.59 bits per heavy atom. The van der Waals surface area contributed by atoms with Gasteiger partial charge in [0.15, 0.2) is 4.96 Å². The van der Waals surface area contributed by atoms with Crippen molar-refractivity contribution >= 4 is 61.4 Å². The molecule has 11 heteroatoms. The summed E-state index contributed by atoms with van der Waals surface area (Å²) in [6.45, 7) is 3.94. The lowest BCUT2D eigenvalue weighted by atomic mass is 10.2. The highest BCUT2D eigenvalue weighted by Crippen LogP contribution is 2.25. The van der Waals surface area contributed by atoms with Gasteiger partial charge in [-0.2, -0.15) is 0 Å². The van der Waals surface area contributed by atoms with Gasteiger partial charge in [0.05, 0.1) is 12.2 Å². The van der Waals surface area contributed by atoms with Crippen LogP contribution in [0.3, 0.4) is 0 Å². The highest BCUT2D eigenvalue weighted by Gasteiger charge is 2.26. The normalized spacial score (nSPS) is 10.8. The van der Waals surface area contributed by atoms with Crippen molar-refractivity contribution in [1.82, 2.24) is 9.38 Å². The predicted molar refractivity (Wildman–Crippen MR) is 146 cm³/mol. The van der Waals surface area contributed by atoms with Crippen LogP contribution in [-0.2, 0) is 11.2 Å². The average molecular weight is 583 g/mol. The molecule has 2 heterocycles. The number of thiazole rings is 1. The number of hydrogen-bond acceptors (Lipinski definition) is 7. The summed E-state index contributed by atoms with van der Waals surface area (Å²) >= 11 is 4.31. The van der Waals surface area contributed by atoms with Crippen molar-refractivity contribution in [2.45, 2.75) is 26.7 Å². The molecule has 0 aliphatic carbocycles. The standard InChI is InChI=1S/C26H23BrN4O5S/c1-3-5-19-14-20(32)31-21(23(33)28-18-12-8-16(27)9-13-18)22(37-26(31)30-19)24(34)29-17-10-6-15(7-11-17)25(35)36-4-2/h6-14H,3-5H2,1-2H3,(H,28,33)(H,29,34). The van der Waals surface area contributed by atoms with Gasteiger partial charge < -0.3 is 15.4 Å². The van der Waals surface area contributed by atoms with Gasteiger partial charge in [-0.1, -0.05) is 40.6 Å². The lowest BCUT2D eigenvalue weighted by molar-refractivity contribution is 0.0526. The van der Waals surface area contributed by atoms with Crippen LogP contribution < -0.4 is 16.2 Å². The van der Waals surface area contributed by atoms with Crippen LogP contribution in [0.2, 0.25) is 0 Å². The molecule has 190 valence electrons.